The Hall–Kier alpha value is -2.74. The van der Waals surface area contributed by atoms with Gasteiger partial charge in [-0.2, -0.15) is 0 Å². The van der Waals surface area contributed by atoms with Crippen molar-refractivity contribution in [3.05, 3.63) is 84.0 Å². The normalized spacial score (nSPS) is 12.4. The van der Waals surface area contributed by atoms with E-state index in [9.17, 15) is 0 Å². The summed E-state index contributed by atoms with van der Waals surface area (Å²) in [7, 11) is 0. The van der Waals surface area contributed by atoms with E-state index in [-0.39, 0.29) is 0 Å². The van der Waals surface area contributed by atoms with E-state index in [1.807, 2.05) is 0 Å². The lowest BCUT2D eigenvalue weighted by molar-refractivity contribution is 0.530. The molecule has 0 amide bonds. The number of nitrogens with zero attached hydrogens (tertiary/aromatic N) is 2. The maximum absolute atomic E-state index is 5.58. The van der Waals surface area contributed by atoms with Crippen LogP contribution in [0.2, 0.25) is 0 Å². The minimum atomic E-state index is 0.989. The standard InChI is InChI=1S/C70H120N2/c1-5-9-13-16-19-21-23-25-27-29-31-33-35-37-39-41-43-45-47-50-57-65-59-53-55-62-67(65)71-69(61-12-8-4)70(64-52-49-18-15-11-7-3)72-68-63-56-54-60-66(68)58-51-48-46-44-42-40-38-36-34-32-30-28-26-24-22-20-17-14-10-6-2/h45-48,53-56,59-60,62-63H,5-44,49-52,57-58,61,64H2,1-4H3/b47-45+,48-46+,71-69?,72-70?. The summed E-state index contributed by atoms with van der Waals surface area (Å²) >= 11 is 0. The van der Waals surface area contributed by atoms with Crippen molar-refractivity contribution in [3.8, 4) is 0 Å². The lowest BCUT2D eigenvalue weighted by Gasteiger charge is -2.14. The van der Waals surface area contributed by atoms with Crippen LogP contribution in [0.5, 0.6) is 0 Å². The fourth-order valence-corrected chi connectivity index (χ4v) is 10.5. The second kappa shape index (κ2) is 51.7. The van der Waals surface area contributed by atoms with Gasteiger partial charge in [0, 0.05) is 0 Å². The largest absolute Gasteiger partial charge is 0.251 e. The molecule has 0 aromatic heterocycles. The van der Waals surface area contributed by atoms with E-state index < -0.39 is 0 Å². The van der Waals surface area contributed by atoms with Gasteiger partial charge in [0.1, 0.15) is 0 Å². The van der Waals surface area contributed by atoms with E-state index in [2.05, 4.69) is 101 Å². The smallest absolute Gasteiger partial charge is 0.0665 e. The molecule has 2 aromatic carbocycles. The van der Waals surface area contributed by atoms with E-state index in [1.54, 1.807) is 0 Å². The molecule has 0 saturated heterocycles. The molecule has 0 unspecified atom stereocenters. The highest BCUT2D eigenvalue weighted by molar-refractivity contribution is 6.43. The number of rotatable bonds is 53. The Morgan fingerprint density at radius 3 is 0.847 bits per heavy atom. The Morgan fingerprint density at radius 1 is 0.278 bits per heavy atom. The molecule has 410 valence electrons. The Bertz CT molecular complexity index is 1580. The molecule has 0 bridgehead atoms. The minimum absolute atomic E-state index is 0.989. The quantitative estimate of drug-likeness (QED) is 0.0358. The molecule has 2 heteroatoms. The molecule has 72 heavy (non-hydrogen) atoms. The second-order valence-corrected chi connectivity index (χ2v) is 22.2. The molecule has 0 atom stereocenters. The van der Waals surface area contributed by atoms with Gasteiger partial charge in [-0.25, -0.2) is 0 Å². The van der Waals surface area contributed by atoms with Crippen LogP contribution in [0.1, 0.15) is 334 Å². The van der Waals surface area contributed by atoms with Gasteiger partial charge in [0.15, 0.2) is 0 Å². The van der Waals surface area contributed by atoms with Crippen molar-refractivity contribution in [1.82, 2.24) is 0 Å². The molecule has 0 heterocycles. The molecular weight excluding hydrogens is 869 g/mol. The van der Waals surface area contributed by atoms with Crippen LogP contribution in [0.15, 0.2) is 82.8 Å². The summed E-state index contributed by atoms with van der Waals surface area (Å²) in [5.74, 6) is 0. The van der Waals surface area contributed by atoms with Crippen molar-refractivity contribution in [3.63, 3.8) is 0 Å². The Morgan fingerprint density at radius 2 is 0.528 bits per heavy atom. The number of hydrogen-bond acceptors (Lipinski definition) is 2. The van der Waals surface area contributed by atoms with Crippen LogP contribution < -0.4 is 0 Å². The van der Waals surface area contributed by atoms with E-state index in [0.29, 0.717) is 0 Å². The number of aliphatic imine (C=N–C) groups is 2. The molecule has 0 saturated carbocycles. The molecule has 2 nitrogen and oxygen atoms in total. The monoisotopic (exact) mass is 989 g/mol. The van der Waals surface area contributed by atoms with Crippen LogP contribution in [0.4, 0.5) is 11.4 Å². The van der Waals surface area contributed by atoms with Gasteiger partial charge in [-0.05, 0) is 100 Å². The minimum Gasteiger partial charge on any atom is -0.251 e. The summed E-state index contributed by atoms with van der Waals surface area (Å²) in [5.41, 5.74) is 7.46. The number of aryl methyl sites for hydroxylation is 2. The SMILES string of the molecule is CCCCCCCCCCCCCCCCCC/C=C/CCc1ccccc1N=C(CCCC)C(CCCCCCCC)=Nc1ccccc1CC/C=C/CCCCCCCCCCCCCCCCCC. The van der Waals surface area contributed by atoms with Gasteiger partial charge in [0.2, 0.25) is 0 Å². The van der Waals surface area contributed by atoms with Crippen LogP contribution in [0.3, 0.4) is 0 Å². The van der Waals surface area contributed by atoms with Crippen molar-refractivity contribution in [1.29, 1.82) is 0 Å². The van der Waals surface area contributed by atoms with Gasteiger partial charge in [-0.3, -0.25) is 9.98 Å². The third-order valence-corrected chi connectivity index (χ3v) is 15.3. The number of benzene rings is 2. The molecule has 2 aromatic rings. The molecule has 0 aliphatic carbocycles. The molecule has 0 fully saturated rings. The van der Waals surface area contributed by atoms with Gasteiger partial charge < -0.3 is 0 Å². The average molecular weight is 990 g/mol. The van der Waals surface area contributed by atoms with Gasteiger partial charge in [-0.15, -0.1) is 0 Å². The summed E-state index contributed by atoms with van der Waals surface area (Å²) < 4.78 is 0. The summed E-state index contributed by atoms with van der Waals surface area (Å²) in [6.45, 7) is 9.24. The Balaban J connectivity index is 1.86. The fraction of sp³-hybridized carbons (Fsp3) is 0.743. The number of unbranched alkanes of at least 4 members (excludes halogenated alkanes) is 38. The predicted molar refractivity (Wildman–Crippen MR) is 328 cm³/mol. The van der Waals surface area contributed by atoms with Crippen LogP contribution in [0.25, 0.3) is 0 Å². The topological polar surface area (TPSA) is 24.7 Å². The van der Waals surface area contributed by atoms with E-state index in [1.165, 1.54) is 279 Å². The molecule has 0 N–H and O–H groups in total. The fourth-order valence-electron chi connectivity index (χ4n) is 10.5. The van der Waals surface area contributed by atoms with Crippen LogP contribution in [0, 0.1) is 0 Å². The molecule has 0 spiro atoms. The maximum atomic E-state index is 5.58. The van der Waals surface area contributed by atoms with Gasteiger partial charge in [-0.1, -0.05) is 320 Å². The maximum Gasteiger partial charge on any atom is 0.0665 e. The van der Waals surface area contributed by atoms with Gasteiger partial charge in [0.25, 0.3) is 0 Å². The highest BCUT2D eigenvalue weighted by Gasteiger charge is 2.13. The first-order chi connectivity index (χ1) is 35.7. The summed E-state index contributed by atoms with van der Waals surface area (Å²) in [6.07, 6.45) is 74.2. The highest BCUT2D eigenvalue weighted by atomic mass is 14.8. The first-order valence-electron chi connectivity index (χ1n) is 32.3. The van der Waals surface area contributed by atoms with E-state index >= 15 is 0 Å². The predicted octanol–water partition coefficient (Wildman–Crippen LogP) is 24.8. The number of para-hydroxylation sites is 2. The van der Waals surface area contributed by atoms with Crippen molar-refractivity contribution >= 4 is 22.8 Å². The summed E-state index contributed by atoms with van der Waals surface area (Å²) in [5, 5.41) is 0. The lowest BCUT2D eigenvalue weighted by atomic mass is 10.00. The molecular formula is C70H120N2. The third kappa shape index (κ3) is 38.8. The summed E-state index contributed by atoms with van der Waals surface area (Å²) in [4.78, 5) is 11.1. The Kier molecular flexibility index (Phi) is 47.0. The van der Waals surface area contributed by atoms with E-state index in [0.717, 1.165) is 62.7 Å². The molecule has 0 aliphatic heterocycles. The zero-order chi connectivity index (χ0) is 51.3. The highest BCUT2D eigenvalue weighted by Crippen LogP contribution is 2.27. The third-order valence-electron chi connectivity index (χ3n) is 15.3. The first kappa shape index (κ1) is 65.4. The van der Waals surface area contributed by atoms with Crippen molar-refractivity contribution < 1.29 is 0 Å². The van der Waals surface area contributed by atoms with Crippen molar-refractivity contribution in [2.45, 2.75) is 336 Å². The zero-order valence-electron chi connectivity index (χ0n) is 48.8. The van der Waals surface area contributed by atoms with Crippen LogP contribution in [-0.2, 0) is 12.8 Å². The molecule has 0 radical (unpaired) electrons. The van der Waals surface area contributed by atoms with Crippen LogP contribution in [-0.4, -0.2) is 11.4 Å². The molecule has 0 aliphatic rings. The molecule has 2 rings (SSSR count). The van der Waals surface area contributed by atoms with Gasteiger partial charge >= 0.3 is 0 Å². The first-order valence-corrected chi connectivity index (χ1v) is 32.3. The number of hydrogen-bond donors (Lipinski definition) is 0. The van der Waals surface area contributed by atoms with Crippen molar-refractivity contribution in [2.75, 3.05) is 0 Å². The number of allylic oxidation sites excluding steroid dienone is 4. The van der Waals surface area contributed by atoms with Crippen molar-refractivity contribution in [2.24, 2.45) is 9.98 Å². The van der Waals surface area contributed by atoms with Gasteiger partial charge in [0.05, 0.1) is 22.8 Å². The summed E-state index contributed by atoms with van der Waals surface area (Å²) in [6, 6.07) is 17.9. The Labute approximate surface area is 450 Å². The lowest BCUT2D eigenvalue weighted by Crippen LogP contribution is -2.15. The van der Waals surface area contributed by atoms with E-state index in [4.69, 9.17) is 9.98 Å². The zero-order valence-corrected chi connectivity index (χ0v) is 48.8. The average Bonchev–Trinajstić information content (AvgIpc) is 3.40. The second-order valence-electron chi connectivity index (χ2n) is 22.2. The van der Waals surface area contributed by atoms with Crippen LogP contribution >= 0.6 is 0 Å².